The van der Waals surface area contributed by atoms with Gasteiger partial charge in [-0.25, -0.2) is 13.8 Å². The Hall–Kier alpha value is -2.39. The molecule has 0 aliphatic carbocycles. The summed E-state index contributed by atoms with van der Waals surface area (Å²) in [6, 6.07) is 13.9. The molecule has 2 aromatic carbocycles. The van der Waals surface area contributed by atoms with Crippen molar-refractivity contribution in [2.75, 3.05) is 24.2 Å². The highest BCUT2D eigenvalue weighted by Crippen LogP contribution is 2.29. The highest BCUT2D eigenvalue weighted by Gasteiger charge is 2.23. The van der Waals surface area contributed by atoms with Crippen molar-refractivity contribution in [3.05, 3.63) is 58.6 Å². The number of carbonyl (C=O) groups is 1. The molecule has 2 aromatic rings. The zero-order chi connectivity index (χ0) is 19.2. The van der Waals surface area contributed by atoms with Crippen LogP contribution in [-0.2, 0) is 14.8 Å². The average Bonchev–Trinajstić information content (AvgIpc) is 2.59. The van der Waals surface area contributed by atoms with Crippen molar-refractivity contribution in [1.29, 1.82) is 0 Å². The summed E-state index contributed by atoms with van der Waals surface area (Å²) < 4.78 is 31.3. The lowest BCUT2D eigenvalue weighted by Gasteiger charge is -2.23. The van der Waals surface area contributed by atoms with Crippen LogP contribution in [0.1, 0.15) is 5.56 Å². The lowest BCUT2D eigenvalue weighted by molar-refractivity contribution is -0.119. The molecule has 0 spiro atoms. The van der Waals surface area contributed by atoms with Gasteiger partial charge >= 0.3 is 0 Å². The van der Waals surface area contributed by atoms with Crippen LogP contribution in [0.2, 0.25) is 0 Å². The number of sulfonamides is 1. The maximum atomic E-state index is 12.1. The van der Waals surface area contributed by atoms with E-state index in [2.05, 4.69) is 26.5 Å². The molecule has 0 aromatic heterocycles. The number of hydrogen-bond donors (Lipinski definition) is 1. The van der Waals surface area contributed by atoms with E-state index >= 15 is 0 Å². The minimum Gasteiger partial charge on any atom is -0.495 e. The van der Waals surface area contributed by atoms with E-state index in [9.17, 15) is 13.2 Å². The molecule has 138 valence electrons. The van der Waals surface area contributed by atoms with Crippen LogP contribution in [0.25, 0.3) is 0 Å². The second-order valence-corrected chi connectivity index (χ2v) is 8.11. The fourth-order valence-corrected chi connectivity index (χ4v) is 3.43. The van der Waals surface area contributed by atoms with Crippen LogP contribution in [0, 0.1) is 0 Å². The lowest BCUT2D eigenvalue weighted by atomic mass is 10.2. The number of amides is 1. The number of halogens is 1. The van der Waals surface area contributed by atoms with Gasteiger partial charge in [0.05, 0.1) is 25.3 Å². The smallest absolute Gasteiger partial charge is 0.260 e. The third-order valence-corrected chi connectivity index (χ3v) is 4.91. The molecular formula is C17H18BrN3O4S. The summed E-state index contributed by atoms with van der Waals surface area (Å²) >= 11 is 3.34. The second-order valence-electron chi connectivity index (χ2n) is 5.29. The molecule has 0 unspecified atom stereocenters. The molecule has 0 aliphatic rings. The summed E-state index contributed by atoms with van der Waals surface area (Å²) in [4.78, 5) is 12.1. The quantitative estimate of drug-likeness (QED) is 0.529. The van der Waals surface area contributed by atoms with Crippen LogP contribution in [0.4, 0.5) is 5.69 Å². The fourth-order valence-electron chi connectivity index (χ4n) is 2.15. The summed E-state index contributed by atoms with van der Waals surface area (Å²) in [5.41, 5.74) is 3.39. The Morgan fingerprint density at radius 2 is 2.00 bits per heavy atom. The molecule has 0 radical (unpaired) electrons. The van der Waals surface area contributed by atoms with Crippen LogP contribution in [-0.4, -0.2) is 40.4 Å². The van der Waals surface area contributed by atoms with Gasteiger partial charge in [-0.3, -0.25) is 9.10 Å². The van der Waals surface area contributed by atoms with Crippen molar-refractivity contribution in [2.45, 2.75) is 0 Å². The Morgan fingerprint density at radius 1 is 1.27 bits per heavy atom. The van der Waals surface area contributed by atoms with E-state index in [0.717, 1.165) is 20.6 Å². The van der Waals surface area contributed by atoms with Crippen LogP contribution < -0.4 is 14.5 Å². The normalized spacial score (nSPS) is 11.3. The number of hydrogen-bond acceptors (Lipinski definition) is 5. The van der Waals surface area contributed by atoms with E-state index in [1.54, 1.807) is 24.3 Å². The zero-order valence-electron chi connectivity index (χ0n) is 14.2. The monoisotopic (exact) mass is 439 g/mol. The van der Waals surface area contributed by atoms with Crippen LogP contribution >= 0.6 is 15.9 Å². The van der Waals surface area contributed by atoms with Gasteiger partial charge in [-0.1, -0.05) is 40.2 Å². The molecule has 2 rings (SSSR count). The first-order valence-corrected chi connectivity index (χ1v) is 10.1. The van der Waals surface area contributed by atoms with Crippen LogP contribution in [0.5, 0.6) is 5.75 Å². The van der Waals surface area contributed by atoms with E-state index in [-0.39, 0.29) is 5.69 Å². The van der Waals surface area contributed by atoms with E-state index in [4.69, 9.17) is 4.74 Å². The standard InChI is InChI=1S/C17H18BrN3O4S/c1-25-16-9-4-3-8-15(16)21(26(2,23)24)12-17(22)20-19-11-13-6-5-7-14(18)10-13/h3-11H,12H2,1-2H3,(H,20,22)/b19-11-. The number of nitrogens with one attached hydrogen (secondary N) is 1. The molecule has 1 amide bonds. The van der Waals surface area contributed by atoms with Gasteiger partial charge in [0.25, 0.3) is 5.91 Å². The minimum atomic E-state index is -3.69. The highest BCUT2D eigenvalue weighted by atomic mass is 79.9. The molecule has 0 fully saturated rings. The van der Waals surface area contributed by atoms with Crippen LogP contribution in [0.15, 0.2) is 58.1 Å². The van der Waals surface area contributed by atoms with Crippen molar-refractivity contribution in [3.63, 3.8) is 0 Å². The maximum Gasteiger partial charge on any atom is 0.260 e. The molecular weight excluding hydrogens is 422 g/mol. The third-order valence-electron chi connectivity index (χ3n) is 3.29. The molecule has 1 N–H and O–H groups in total. The van der Waals surface area contributed by atoms with Crippen molar-refractivity contribution in [1.82, 2.24) is 5.43 Å². The lowest BCUT2D eigenvalue weighted by Crippen LogP contribution is -2.39. The number of carbonyl (C=O) groups excluding carboxylic acids is 1. The summed E-state index contributed by atoms with van der Waals surface area (Å²) in [5.74, 6) is -0.226. The molecule has 0 bridgehead atoms. The predicted octanol–water partition coefficient (Wildman–Crippen LogP) is 2.37. The van der Waals surface area contributed by atoms with Crippen LogP contribution in [0.3, 0.4) is 0 Å². The van der Waals surface area contributed by atoms with Gasteiger partial charge in [0.1, 0.15) is 12.3 Å². The molecule has 26 heavy (non-hydrogen) atoms. The summed E-state index contributed by atoms with van der Waals surface area (Å²) in [5, 5.41) is 3.86. The zero-order valence-corrected chi connectivity index (χ0v) is 16.6. The Bertz CT molecular complexity index is 916. The summed E-state index contributed by atoms with van der Waals surface area (Å²) in [7, 11) is -2.26. The predicted molar refractivity (Wildman–Crippen MR) is 105 cm³/mol. The van der Waals surface area contributed by atoms with Gasteiger partial charge in [-0.15, -0.1) is 0 Å². The van der Waals surface area contributed by atoms with Gasteiger partial charge in [0.15, 0.2) is 0 Å². The largest absolute Gasteiger partial charge is 0.495 e. The van der Waals surface area contributed by atoms with E-state index in [1.807, 2.05) is 24.3 Å². The van der Waals surface area contributed by atoms with Gasteiger partial charge in [-0.2, -0.15) is 5.10 Å². The Kier molecular flexibility index (Phi) is 6.76. The van der Waals surface area contributed by atoms with E-state index in [1.165, 1.54) is 13.3 Å². The molecule has 0 aliphatic heterocycles. The molecule has 0 heterocycles. The maximum absolute atomic E-state index is 12.1. The Labute approximate surface area is 160 Å². The molecule has 0 saturated carbocycles. The van der Waals surface area contributed by atoms with Gasteiger partial charge in [-0.05, 0) is 29.8 Å². The SMILES string of the molecule is COc1ccccc1N(CC(=O)N/N=C\c1cccc(Br)c1)S(C)(=O)=O. The number of anilines is 1. The first kappa shape index (κ1) is 19.9. The summed E-state index contributed by atoms with van der Waals surface area (Å²) in [6.45, 7) is -0.422. The number of methoxy groups -OCH3 is 1. The molecule has 7 nitrogen and oxygen atoms in total. The number of para-hydroxylation sites is 2. The van der Waals surface area contributed by atoms with Crippen molar-refractivity contribution < 1.29 is 17.9 Å². The number of nitrogens with zero attached hydrogens (tertiary/aromatic N) is 2. The number of hydrazone groups is 1. The van der Waals surface area contributed by atoms with Crippen molar-refractivity contribution >= 4 is 43.8 Å². The van der Waals surface area contributed by atoms with Crippen molar-refractivity contribution in [3.8, 4) is 5.75 Å². The Balaban J connectivity index is 2.12. The number of benzene rings is 2. The molecule has 0 atom stereocenters. The van der Waals surface area contributed by atoms with Gasteiger partial charge in [0.2, 0.25) is 10.0 Å². The fraction of sp³-hybridized carbons (Fsp3) is 0.176. The number of rotatable bonds is 7. The topological polar surface area (TPSA) is 88.1 Å². The van der Waals surface area contributed by atoms with Gasteiger partial charge < -0.3 is 4.74 Å². The summed E-state index contributed by atoms with van der Waals surface area (Å²) in [6.07, 6.45) is 2.49. The molecule has 9 heteroatoms. The third kappa shape index (κ3) is 5.57. The number of ether oxygens (including phenoxy) is 1. The van der Waals surface area contributed by atoms with Crippen molar-refractivity contribution in [2.24, 2.45) is 5.10 Å². The second kappa shape index (κ2) is 8.81. The van der Waals surface area contributed by atoms with Gasteiger partial charge in [0, 0.05) is 4.47 Å². The molecule has 0 saturated heterocycles. The first-order valence-electron chi connectivity index (χ1n) is 7.49. The first-order chi connectivity index (χ1) is 12.3. The van der Waals surface area contributed by atoms with E-state index < -0.39 is 22.5 Å². The minimum absolute atomic E-state index is 0.281. The van der Waals surface area contributed by atoms with E-state index in [0.29, 0.717) is 5.75 Å². The average molecular weight is 440 g/mol. The Morgan fingerprint density at radius 3 is 2.65 bits per heavy atom. The highest BCUT2D eigenvalue weighted by molar-refractivity contribution is 9.10.